The van der Waals surface area contributed by atoms with Crippen LogP contribution in [0.25, 0.3) is 10.9 Å². The Morgan fingerprint density at radius 3 is 2.87 bits per heavy atom. The van der Waals surface area contributed by atoms with Crippen molar-refractivity contribution >= 4 is 16.8 Å². The number of aryl methyl sites for hydroxylation is 2. The Labute approximate surface area is 180 Å². The average Bonchev–Trinajstić information content (AvgIpc) is 3.04. The first kappa shape index (κ1) is 19.9. The molecular weight excluding hydrogens is 392 g/mol. The molecule has 162 valence electrons. The third kappa shape index (κ3) is 3.75. The van der Waals surface area contributed by atoms with Crippen molar-refractivity contribution in [2.75, 3.05) is 13.1 Å². The molecule has 31 heavy (non-hydrogen) atoms. The van der Waals surface area contributed by atoms with Gasteiger partial charge in [-0.3, -0.25) is 14.2 Å². The maximum absolute atomic E-state index is 13.2. The van der Waals surface area contributed by atoms with E-state index in [1.807, 2.05) is 23.1 Å². The number of carbonyl (C=O) groups excluding carboxylic acids is 1. The van der Waals surface area contributed by atoms with Crippen molar-refractivity contribution in [1.29, 1.82) is 0 Å². The Morgan fingerprint density at radius 2 is 1.97 bits per heavy atom. The number of aromatic nitrogens is 5. The van der Waals surface area contributed by atoms with Gasteiger partial charge in [-0.1, -0.05) is 18.6 Å². The Bertz CT molecular complexity index is 1180. The van der Waals surface area contributed by atoms with Crippen molar-refractivity contribution in [3.8, 4) is 0 Å². The van der Waals surface area contributed by atoms with E-state index < -0.39 is 0 Å². The normalized spacial score (nSPS) is 19.3. The number of rotatable bonds is 3. The Morgan fingerprint density at radius 1 is 1.10 bits per heavy atom. The first-order valence-electron chi connectivity index (χ1n) is 11.3. The molecule has 2 aliphatic rings. The molecule has 0 saturated carbocycles. The van der Waals surface area contributed by atoms with Crippen molar-refractivity contribution in [2.24, 2.45) is 0 Å². The number of likely N-dealkylation sites (tertiary alicyclic amines) is 1. The second-order valence-corrected chi connectivity index (χ2v) is 8.68. The number of benzene rings is 1. The van der Waals surface area contributed by atoms with Gasteiger partial charge in [0.2, 0.25) is 5.91 Å². The van der Waals surface area contributed by atoms with Crippen molar-refractivity contribution in [3.05, 3.63) is 52.1 Å². The lowest BCUT2D eigenvalue weighted by molar-refractivity contribution is -0.133. The number of nitrogens with zero attached hydrogens (tertiary/aromatic N) is 6. The summed E-state index contributed by atoms with van der Waals surface area (Å²) in [6.07, 6.45) is 6.48. The van der Waals surface area contributed by atoms with Gasteiger partial charge >= 0.3 is 0 Å². The van der Waals surface area contributed by atoms with Crippen LogP contribution >= 0.6 is 0 Å². The van der Waals surface area contributed by atoms with Crippen LogP contribution in [0.1, 0.15) is 55.5 Å². The van der Waals surface area contributed by atoms with Crippen LogP contribution in [0.2, 0.25) is 0 Å². The van der Waals surface area contributed by atoms with E-state index in [-0.39, 0.29) is 23.9 Å². The number of para-hydroxylation sites is 1. The lowest BCUT2D eigenvalue weighted by Crippen LogP contribution is -2.43. The van der Waals surface area contributed by atoms with E-state index in [9.17, 15) is 9.59 Å². The van der Waals surface area contributed by atoms with Crippen LogP contribution in [0.3, 0.4) is 0 Å². The standard InChI is InChI=1S/C23H28N6O2/c1-16-24-19-10-5-4-9-18(19)23(31)29(16)15-21(30)27-12-7-8-17(14-27)22-26-25-20-11-3-2-6-13-28(20)22/h4-5,9-10,17H,2-3,6-8,11-15H2,1H3/t17-/m0/s1. The molecule has 5 rings (SSSR count). The third-order valence-corrected chi connectivity index (χ3v) is 6.62. The van der Waals surface area contributed by atoms with E-state index in [1.54, 1.807) is 13.0 Å². The van der Waals surface area contributed by atoms with Gasteiger partial charge in [-0.25, -0.2) is 4.98 Å². The number of hydrogen-bond acceptors (Lipinski definition) is 5. The van der Waals surface area contributed by atoms with Gasteiger partial charge in [-0.05, 0) is 44.7 Å². The molecule has 4 heterocycles. The van der Waals surface area contributed by atoms with Crippen molar-refractivity contribution in [1.82, 2.24) is 29.2 Å². The number of carbonyl (C=O) groups is 1. The minimum Gasteiger partial charge on any atom is -0.340 e. The summed E-state index contributed by atoms with van der Waals surface area (Å²) in [5.41, 5.74) is 0.507. The first-order valence-corrected chi connectivity index (χ1v) is 11.3. The number of piperidine rings is 1. The van der Waals surface area contributed by atoms with Crippen LogP contribution in [0.5, 0.6) is 0 Å². The number of hydrogen-bond donors (Lipinski definition) is 0. The summed E-state index contributed by atoms with van der Waals surface area (Å²) in [6, 6.07) is 7.28. The van der Waals surface area contributed by atoms with Crippen molar-refractivity contribution in [3.63, 3.8) is 0 Å². The van der Waals surface area contributed by atoms with Gasteiger partial charge < -0.3 is 9.47 Å². The van der Waals surface area contributed by atoms with E-state index >= 15 is 0 Å². The molecule has 0 bridgehead atoms. The Hall–Kier alpha value is -3.03. The fourth-order valence-corrected chi connectivity index (χ4v) is 4.92. The molecule has 1 atom stereocenters. The molecule has 3 aromatic rings. The average molecular weight is 421 g/mol. The molecule has 1 fully saturated rings. The van der Waals surface area contributed by atoms with E-state index in [2.05, 4.69) is 19.7 Å². The monoisotopic (exact) mass is 420 g/mol. The predicted molar refractivity (Wildman–Crippen MR) is 117 cm³/mol. The molecule has 2 aliphatic heterocycles. The summed E-state index contributed by atoms with van der Waals surface area (Å²) in [5.74, 6) is 2.83. The second kappa shape index (κ2) is 8.24. The Balaban J connectivity index is 1.36. The van der Waals surface area contributed by atoms with Crippen LogP contribution in [0.15, 0.2) is 29.1 Å². The highest BCUT2D eigenvalue weighted by atomic mass is 16.2. The van der Waals surface area contributed by atoms with Gasteiger partial charge in [0.1, 0.15) is 24.0 Å². The van der Waals surface area contributed by atoms with Gasteiger partial charge in [-0.2, -0.15) is 0 Å². The molecule has 1 aromatic carbocycles. The van der Waals surface area contributed by atoms with Gasteiger partial charge in [0.05, 0.1) is 10.9 Å². The zero-order chi connectivity index (χ0) is 21.4. The third-order valence-electron chi connectivity index (χ3n) is 6.62. The minimum atomic E-state index is -0.159. The molecule has 0 unspecified atom stereocenters. The second-order valence-electron chi connectivity index (χ2n) is 8.68. The van der Waals surface area contributed by atoms with Crippen molar-refractivity contribution in [2.45, 2.75) is 64.5 Å². The predicted octanol–water partition coefficient (Wildman–Crippen LogP) is 2.43. The largest absolute Gasteiger partial charge is 0.340 e. The topological polar surface area (TPSA) is 85.9 Å². The quantitative estimate of drug-likeness (QED) is 0.650. The highest BCUT2D eigenvalue weighted by Crippen LogP contribution is 2.28. The van der Waals surface area contributed by atoms with Gasteiger partial charge in [0.25, 0.3) is 5.56 Å². The van der Waals surface area contributed by atoms with Crippen LogP contribution in [0, 0.1) is 6.92 Å². The molecule has 0 N–H and O–H groups in total. The van der Waals surface area contributed by atoms with Crippen LogP contribution in [-0.4, -0.2) is 48.2 Å². The van der Waals surface area contributed by atoms with Crippen LogP contribution in [-0.2, 0) is 24.3 Å². The van der Waals surface area contributed by atoms with Gasteiger partial charge in [0, 0.05) is 32.0 Å². The summed E-state index contributed by atoms with van der Waals surface area (Å²) in [5, 5.41) is 9.50. The first-order chi connectivity index (χ1) is 15.1. The van der Waals surface area contributed by atoms with Crippen LogP contribution in [0.4, 0.5) is 0 Å². The Kier molecular flexibility index (Phi) is 5.29. The lowest BCUT2D eigenvalue weighted by atomic mass is 9.97. The molecule has 0 aliphatic carbocycles. The fraction of sp³-hybridized carbons (Fsp3) is 0.522. The van der Waals surface area contributed by atoms with E-state index in [0.29, 0.717) is 29.8 Å². The minimum absolute atomic E-state index is 0.0210. The molecule has 2 aromatic heterocycles. The van der Waals surface area contributed by atoms with Crippen LogP contribution < -0.4 is 5.56 Å². The molecule has 0 spiro atoms. The SMILES string of the molecule is Cc1nc2ccccc2c(=O)n1CC(=O)N1CCC[C@H](c2nnc3n2CCCCC3)C1. The number of amides is 1. The zero-order valence-electron chi connectivity index (χ0n) is 18.0. The highest BCUT2D eigenvalue weighted by Gasteiger charge is 2.29. The zero-order valence-corrected chi connectivity index (χ0v) is 18.0. The summed E-state index contributed by atoms with van der Waals surface area (Å²) in [7, 11) is 0. The summed E-state index contributed by atoms with van der Waals surface area (Å²) in [4.78, 5) is 32.5. The van der Waals surface area contributed by atoms with Gasteiger partial charge in [-0.15, -0.1) is 10.2 Å². The molecule has 8 heteroatoms. The molecular formula is C23H28N6O2. The van der Waals surface area contributed by atoms with Crippen molar-refractivity contribution < 1.29 is 4.79 Å². The maximum atomic E-state index is 13.2. The number of fused-ring (bicyclic) bond motifs is 2. The maximum Gasteiger partial charge on any atom is 0.261 e. The molecule has 0 radical (unpaired) electrons. The summed E-state index contributed by atoms with van der Waals surface area (Å²) < 4.78 is 3.78. The van der Waals surface area contributed by atoms with E-state index in [0.717, 1.165) is 43.9 Å². The molecule has 1 amide bonds. The smallest absolute Gasteiger partial charge is 0.261 e. The highest BCUT2D eigenvalue weighted by molar-refractivity contribution is 5.79. The molecule has 1 saturated heterocycles. The lowest BCUT2D eigenvalue weighted by Gasteiger charge is -2.32. The molecule has 8 nitrogen and oxygen atoms in total. The fourth-order valence-electron chi connectivity index (χ4n) is 4.92. The van der Waals surface area contributed by atoms with Gasteiger partial charge in [0.15, 0.2) is 0 Å². The van der Waals surface area contributed by atoms with E-state index in [4.69, 9.17) is 0 Å². The summed E-state index contributed by atoms with van der Waals surface area (Å²) in [6.45, 7) is 4.12. The van der Waals surface area contributed by atoms with E-state index in [1.165, 1.54) is 17.4 Å². The summed E-state index contributed by atoms with van der Waals surface area (Å²) >= 11 is 0.